The minimum atomic E-state index is 0.670. The quantitative estimate of drug-likeness (QED) is 0.825. The Morgan fingerprint density at radius 2 is 2.36 bits per heavy atom. The van der Waals surface area contributed by atoms with Gasteiger partial charge >= 0.3 is 0 Å². The monoisotopic (exact) mass is 273 g/mol. The maximum absolute atomic E-state index is 6.08. The van der Waals surface area contributed by atoms with Gasteiger partial charge in [-0.15, -0.1) is 0 Å². The average molecular weight is 275 g/mol. The zero-order chi connectivity index (χ0) is 9.97. The molecule has 14 heavy (non-hydrogen) atoms. The van der Waals surface area contributed by atoms with E-state index in [0.717, 1.165) is 29.2 Å². The van der Waals surface area contributed by atoms with Crippen LogP contribution in [0.2, 0.25) is 5.02 Å². The van der Waals surface area contributed by atoms with Crippen LogP contribution in [0.15, 0.2) is 27.7 Å². The zero-order valence-corrected chi connectivity index (χ0v) is 9.69. The third-order valence-electron chi connectivity index (χ3n) is 1.88. The van der Waals surface area contributed by atoms with Gasteiger partial charge in [0.2, 0.25) is 0 Å². The van der Waals surface area contributed by atoms with Crippen molar-refractivity contribution in [3.8, 4) is 0 Å². The van der Waals surface area contributed by atoms with Crippen molar-refractivity contribution < 1.29 is 0 Å². The molecule has 0 bridgehead atoms. The maximum atomic E-state index is 6.08. The van der Waals surface area contributed by atoms with Crippen LogP contribution in [0.1, 0.15) is 0 Å². The van der Waals surface area contributed by atoms with Crippen LogP contribution in [-0.4, -0.2) is 19.0 Å². The standard InChI is InChI=1S/C9H9BrClN3/c10-6-2-1-3-7(8(6)11)14-9-12-4-5-13-9/h1-3H,4-5H2,(H2,12,13,14). The summed E-state index contributed by atoms with van der Waals surface area (Å²) in [4.78, 5) is 4.22. The summed E-state index contributed by atoms with van der Waals surface area (Å²) in [7, 11) is 0. The molecule has 0 saturated carbocycles. The Kier molecular flexibility index (Phi) is 2.93. The lowest BCUT2D eigenvalue weighted by molar-refractivity contribution is 0.959. The summed E-state index contributed by atoms with van der Waals surface area (Å²) < 4.78 is 0.878. The van der Waals surface area contributed by atoms with E-state index in [2.05, 4.69) is 31.6 Å². The summed E-state index contributed by atoms with van der Waals surface area (Å²) in [5, 5.41) is 6.91. The smallest absolute Gasteiger partial charge is 0.195 e. The Bertz CT molecular complexity index is 378. The minimum absolute atomic E-state index is 0.670. The largest absolute Gasteiger partial charge is 0.354 e. The fourth-order valence-corrected chi connectivity index (χ4v) is 1.75. The van der Waals surface area contributed by atoms with Gasteiger partial charge in [0.05, 0.1) is 17.3 Å². The summed E-state index contributed by atoms with van der Waals surface area (Å²) in [6, 6.07) is 5.74. The molecule has 5 heteroatoms. The van der Waals surface area contributed by atoms with Gasteiger partial charge in [0.1, 0.15) is 0 Å². The molecule has 0 spiro atoms. The van der Waals surface area contributed by atoms with E-state index >= 15 is 0 Å². The summed E-state index contributed by atoms with van der Waals surface area (Å²) in [5.41, 5.74) is 0.856. The molecule has 0 fully saturated rings. The van der Waals surface area contributed by atoms with Gasteiger partial charge in [-0.05, 0) is 28.1 Å². The lowest BCUT2D eigenvalue weighted by Gasteiger charge is -2.08. The molecule has 0 aliphatic carbocycles. The van der Waals surface area contributed by atoms with Crippen molar-refractivity contribution >= 4 is 39.2 Å². The summed E-state index contributed by atoms with van der Waals surface area (Å²) in [5.74, 6) is 0.782. The maximum Gasteiger partial charge on any atom is 0.195 e. The second kappa shape index (κ2) is 4.19. The molecule has 0 aromatic heterocycles. The van der Waals surface area contributed by atoms with Crippen molar-refractivity contribution in [2.45, 2.75) is 0 Å². The van der Waals surface area contributed by atoms with Crippen molar-refractivity contribution in [1.82, 2.24) is 5.32 Å². The van der Waals surface area contributed by atoms with Crippen LogP contribution < -0.4 is 10.6 Å². The van der Waals surface area contributed by atoms with Crippen LogP contribution in [0.4, 0.5) is 5.69 Å². The van der Waals surface area contributed by atoms with Crippen molar-refractivity contribution in [2.24, 2.45) is 4.99 Å². The normalized spacial score (nSPS) is 14.9. The van der Waals surface area contributed by atoms with Crippen molar-refractivity contribution in [1.29, 1.82) is 0 Å². The van der Waals surface area contributed by atoms with E-state index in [9.17, 15) is 0 Å². The molecule has 3 nitrogen and oxygen atoms in total. The molecule has 0 atom stereocenters. The Balaban J connectivity index is 2.20. The van der Waals surface area contributed by atoms with E-state index < -0.39 is 0 Å². The molecule has 1 aliphatic heterocycles. The first-order valence-electron chi connectivity index (χ1n) is 4.27. The molecule has 1 aliphatic rings. The summed E-state index contributed by atoms with van der Waals surface area (Å²) in [6.45, 7) is 1.70. The Morgan fingerprint density at radius 3 is 3.07 bits per heavy atom. The van der Waals surface area contributed by atoms with Crippen LogP contribution in [-0.2, 0) is 0 Å². The van der Waals surface area contributed by atoms with Gasteiger partial charge in [0, 0.05) is 11.0 Å². The van der Waals surface area contributed by atoms with E-state index in [-0.39, 0.29) is 0 Å². The molecule has 0 radical (unpaired) electrons. The van der Waals surface area contributed by atoms with Crippen molar-refractivity contribution in [2.75, 3.05) is 18.4 Å². The molecule has 0 unspecified atom stereocenters. The second-order valence-electron chi connectivity index (χ2n) is 2.88. The zero-order valence-electron chi connectivity index (χ0n) is 7.35. The van der Waals surface area contributed by atoms with Gasteiger partial charge < -0.3 is 10.6 Å². The van der Waals surface area contributed by atoms with Crippen LogP contribution in [0.3, 0.4) is 0 Å². The van der Waals surface area contributed by atoms with Crippen LogP contribution >= 0.6 is 27.5 Å². The highest BCUT2D eigenvalue weighted by Crippen LogP contribution is 2.29. The first-order chi connectivity index (χ1) is 6.77. The third-order valence-corrected chi connectivity index (χ3v) is 3.18. The SMILES string of the molecule is Clc1c(Br)cccc1NC1=NCCN1. The molecule has 0 amide bonds. The molecule has 2 rings (SSSR count). The van der Waals surface area contributed by atoms with E-state index in [1.54, 1.807) is 0 Å². The topological polar surface area (TPSA) is 36.4 Å². The fraction of sp³-hybridized carbons (Fsp3) is 0.222. The number of hydrogen-bond acceptors (Lipinski definition) is 3. The molecular formula is C9H9BrClN3. The Morgan fingerprint density at radius 1 is 1.50 bits per heavy atom. The van der Waals surface area contributed by atoms with Crippen LogP contribution in [0.5, 0.6) is 0 Å². The predicted octanol–water partition coefficient (Wildman–Crippen LogP) is 2.47. The second-order valence-corrected chi connectivity index (χ2v) is 4.12. The highest BCUT2D eigenvalue weighted by atomic mass is 79.9. The number of guanidine groups is 1. The lowest BCUT2D eigenvalue weighted by atomic mass is 10.3. The Hall–Kier alpha value is -0.740. The molecule has 1 aromatic rings. The molecule has 0 saturated heterocycles. The number of anilines is 1. The number of nitrogens with one attached hydrogen (secondary N) is 2. The van der Waals surface area contributed by atoms with Crippen molar-refractivity contribution in [3.05, 3.63) is 27.7 Å². The van der Waals surface area contributed by atoms with Gasteiger partial charge in [-0.2, -0.15) is 0 Å². The van der Waals surface area contributed by atoms with Gasteiger partial charge in [0.15, 0.2) is 5.96 Å². The Labute approximate surface area is 95.7 Å². The molecule has 74 valence electrons. The van der Waals surface area contributed by atoms with E-state index in [1.165, 1.54) is 0 Å². The van der Waals surface area contributed by atoms with Crippen molar-refractivity contribution in [3.63, 3.8) is 0 Å². The third kappa shape index (κ3) is 2.01. The fourth-order valence-electron chi connectivity index (χ4n) is 1.21. The highest BCUT2D eigenvalue weighted by molar-refractivity contribution is 9.10. The number of nitrogens with zero attached hydrogens (tertiary/aromatic N) is 1. The van der Waals surface area contributed by atoms with E-state index in [1.807, 2.05) is 18.2 Å². The number of aliphatic imine (C=N–C) groups is 1. The van der Waals surface area contributed by atoms with Crippen LogP contribution in [0.25, 0.3) is 0 Å². The van der Waals surface area contributed by atoms with Gasteiger partial charge in [-0.3, -0.25) is 4.99 Å². The average Bonchev–Trinajstić information content (AvgIpc) is 2.66. The first-order valence-corrected chi connectivity index (χ1v) is 5.44. The van der Waals surface area contributed by atoms with E-state index in [4.69, 9.17) is 11.6 Å². The van der Waals surface area contributed by atoms with Gasteiger partial charge in [-0.25, -0.2) is 0 Å². The molecule has 1 aromatic carbocycles. The molecular weight excluding hydrogens is 265 g/mol. The minimum Gasteiger partial charge on any atom is -0.354 e. The predicted molar refractivity (Wildman–Crippen MR) is 63.1 cm³/mol. The number of hydrogen-bond donors (Lipinski definition) is 2. The summed E-state index contributed by atoms with van der Waals surface area (Å²) in [6.07, 6.45) is 0. The number of benzene rings is 1. The molecule has 2 N–H and O–H groups in total. The first kappa shape index (κ1) is 9.80. The molecule has 1 heterocycles. The highest BCUT2D eigenvalue weighted by Gasteiger charge is 2.08. The number of rotatable bonds is 1. The van der Waals surface area contributed by atoms with Gasteiger partial charge in [0.25, 0.3) is 0 Å². The number of halogens is 2. The van der Waals surface area contributed by atoms with Crippen LogP contribution in [0, 0.1) is 0 Å². The van der Waals surface area contributed by atoms with Gasteiger partial charge in [-0.1, -0.05) is 17.7 Å². The lowest BCUT2D eigenvalue weighted by Crippen LogP contribution is -2.26. The summed E-state index contributed by atoms with van der Waals surface area (Å²) >= 11 is 9.44. The van der Waals surface area contributed by atoms with E-state index in [0.29, 0.717) is 5.02 Å².